The van der Waals surface area contributed by atoms with Crippen LogP contribution in [0, 0.1) is 17.8 Å². The Kier molecular flexibility index (Phi) is 7.28. The zero-order valence-electron chi connectivity index (χ0n) is 24.9. The van der Waals surface area contributed by atoms with Crippen molar-refractivity contribution in [3.05, 3.63) is 24.0 Å². The number of nitrogens with one attached hydrogen (secondary N) is 1. The van der Waals surface area contributed by atoms with E-state index in [1.165, 1.54) is 19.3 Å². The van der Waals surface area contributed by atoms with Crippen LogP contribution >= 0.6 is 0 Å². The minimum Gasteiger partial charge on any atom is -0.411 e. The smallest absolute Gasteiger partial charge is 0.192 e. The van der Waals surface area contributed by atoms with Gasteiger partial charge in [0, 0.05) is 38.5 Å². The average Bonchev–Trinajstić information content (AvgIpc) is 3.20. The maximum atomic E-state index is 12.1. The van der Waals surface area contributed by atoms with E-state index in [9.17, 15) is 4.79 Å². The lowest BCUT2D eigenvalue weighted by atomic mass is 9.52. The molecule has 0 saturated heterocycles. The molecule has 4 saturated carbocycles. The number of pyridine rings is 1. The molecule has 6 rings (SSSR count). The fourth-order valence-corrected chi connectivity index (χ4v) is 9.62. The van der Waals surface area contributed by atoms with E-state index >= 15 is 0 Å². The Morgan fingerprint density at radius 1 is 1.13 bits per heavy atom. The summed E-state index contributed by atoms with van der Waals surface area (Å²) in [6.07, 6.45) is 10.8. The first kappa shape index (κ1) is 28.1. The van der Waals surface area contributed by atoms with Crippen LogP contribution in [0.5, 0.6) is 0 Å². The van der Waals surface area contributed by atoms with Crippen molar-refractivity contribution in [2.45, 2.75) is 115 Å². The van der Waals surface area contributed by atoms with Crippen LogP contribution in [0.1, 0.15) is 63.2 Å². The van der Waals surface area contributed by atoms with Crippen LogP contribution in [0.4, 0.5) is 5.69 Å². The summed E-state index contributed by atoms with van der Waals surface area (Å²) in [6.45, 7) is 20.2. The number of aromatic nitrogens is 2. The molecule has 4 fully saturated rings. The number of aldehydes is 1. The van der Waals surface area contributed by atoms with E-state index in [0.29, 0.717) is 30.2 Å². The molecule has 2 aromatic heterocycles. The molecule has 8 heteroatoms. The third kappa shape index (κ3) is 5.43. The quantitative estimate of drug-likeness (QED) is 0.186. The predicted octanol–water partition coefficient (Wildman–Crippen LogP) is 7.54. The number of ether oxygens (including phenoxy) is 1. The Balaban J connectivity index is 1.35. The van der Waals surface area contributed by atoms with Gasteiger partial charge in [-0.2, -0.15) is 0 Å². The molecule has 0 amide bonds. The van der Waals surface area contributed by atoms with Crippen molar-refractivity contribution >= 4 is 39.4 Å². The van der Waals surface area contributed by atoms with E-state index in [1.54, 1.807) is 6.20 Å². The summed E-state index contributed by atoms with van der Waals surface area (Å²) < 4.78 is 15.3. The summed E-state index contributed by atoms with van der Waals surface area (Å²) in [5.41, 5.74) is 2.53. The summed E-state index contributed by atoms with van der Waals surface area (Å²) in [6, 6.07) is 3.62. The molecular weight excluding hydrogens is 507 g/mol. The minimum absolute atomic E-state index is 0.0509. The lowest BCUT2D eigenvalue weighted by molar-refractivity contribution is -0.120. The highest BCUT2D eigenvalue weighted by Crippen LogP contribution is 2.59. The molecule has 2 heterocycles. The van der Waals surface area contributed by atoms with Gasteiger partial charge >= 0.3 is 0 Å². The SMILES string of the molecule is CC(C)(C)[Si](C)(C)OC12CC3C[C@H](C1)C(Nc1c(C=O)cnc4c1ccn4COCC[Si](C)(C)C)[C@@H](C3)C2. The Labute approximate surface area is 231 Å². The Morgan fingerprint density at radius 2 is 1.82 bits per heavy atom. The van der Waals surface area contributed by atoms with Crippen molar-refractivity contribution in [3.63, 3.8) is 0 Å². The number of anilines is 1. The number of hydrogen-bond acceptors (Lipinski definition) is 5. The maximum absolute atomic E-state index is 12.1. The molecule has 210 valence electrons. The first-order chi connectivity index (χ1) is 17.7. The molecule has 4 aliphatic rings. The number of carbonyl (C=O) groups is 1. The summed E-state index contributed by atoms with van der Waals surface area (Å²) in [4.78, 5) is 16.8. The summed E-state index contributed by atoms with van der Waals surface area (Å²) >= 11 is 0. The van der Waals surface area contributed by atoms with Crippen molar-refractivity contribution in [1.82, 2.24) is 9.55 Å². The Bertz CT molecular complexity index is 1160. The van der Waals surface area contributed by atoms with Crippen LogP contribution in [-0.2, 0) is 15.9 Å². The molecule has 0 aromatic carbocycles. The zero-order valence-corrected chi connectivity index (χ0v) is 26.9. The third-order valence-corrected chi connectivity index (χ3v) is 16.2. The molecule has 3 unspecified atom stereocenters. The zero-order chi connectivity index (χ0) is 27.5. The summed E-state index contributed by atoms with van der Waals surface area (Å²) in [5, 5.41) is 5.17. The Morgan fingerprint density at radius 3 is 2.42 bits per heavy atom. The topological polar surface area (TPSA) is 65.4 Å². The second-order valence-electron chi connectivity index (χ2n) is 15.3. The highest BCUT2D eigenvalue weighted by molar-refractivity contribution is 6.76. The largest absolute Gasteiger partial charge is 0.411 e. The van der Waals surface area contributed by atoms with Gasteiger partial charge in [0.25, 0.3) is 0 Å². The molecule has 0 aliphatic heterocycles. The first-order valence-corrected chi connectivity index (χ1v) is 21.3. The second-order valence-corrected chi connectivity index (χ2v) is 25.6. The third-order valence-electron chi connectivity index (χ3n) is 9.98. The monoisotopic (exact) mass is 555 g/mol. The Hall–Kier alpha value is -1.49. The van der Waals surface area contributed by atoms with Gasteiger partial charge in [-0.15, -0.1) is 0 Å². The molecule has 4 aliphatic carbocycles. The lowest BCUT2D eigenvalue weighted by Gasteiger charge is -2.62. The van der Waals surface area contributed by atoms with E-state index in [2.05, 4.69) is 74.4 Å². The molecule has 6 nitrogen and oxygen atoms in total. The van der Waals surface area contributed by atoms with Gasteiger partial charge in [-0.3, -0.25) is 4.79 Å². The van der Waals surface area contributed by atoms with Gasteiger partial charge in [0.15, 0.2) is 14.6 Å². The highest BCUT2D eigenvalue weighted by atomic mass is 28.4. The molecule has 5 atom stereocenters. The second kappa shape index (κ2) is 9.86. The number of nitrogens with zero attached hydrogens (tertiary/aromatic N) is 2. The first-order valence-electron chi connectivity index (χ1n) is 14.7. The van der Waals surface area contributed by atoms with E-state index in [-0.39, 0.29) is 10.6 Å². The van der Waals surface area contributed by atoms with Crippen LogP contribution in [0.3, 0.4) is 0 Å². The van der Waals surface area contributed by atoms with Gasteiger partial charge < -0.3 is 19.0 Å². The van der Waals surface area contributed by atoms with Gasteiger partial charge in [-0.05, 0) is 80.1 Å². The van der Waals surface area contributed by atoms with Crippen molar-refractivity contribution in [3.8, 4) is 0 Å². The molecule has 38 heavy (non-hydrogen) atoms. The van der Waals surface area contributed by atoms with Gasteiger partial charge in [0.2, 0.25) is 0 Å². The predicted molar refractivity (Wildman–Crippen MR) is 161 cm³/mol. The average molecular weight is 556 g/mol. The van der Waals surface area contributed by atoms with Gasteiger partial charge in [-0.1, -0.05) is 40.4 Å². The van der Waals surface area contributed by atoms with Crippen molar-refractivity contribution in [2.75, 3.05) is 11.9 Å². The molecule has 0 spiro atoms. The summed E-state index contributed by atoms with van der Waals surface area (Å²) in [7, 11) is -2.97. The van der Waals surface area contributed by atoms with Crippen molar-refractivity contribution < 1.29 is 14.0 Å². The van der Waals surface area contributed by atoms with Crippen LogP contribution < -0.4 is 5.32 Å². The number of carbonyl (C=O) groups excluding carboxylic acids is 1. The van der Waals surface area contributed by atoms with E-state index < -0.39 is 16.4 Å². The maximum Gasteiger partial charge on any atom is 0.192 e. The van der Waals surface area contributed by atoms with Crippen LogP contribution in [0.25, 0.3) is 11.0 Å². The van der Waals surface area contributed by atoms with Crippen LogP contribution in [-0.4, -0.2) is 50.5 Å². The van der Waals surface area contributed by atoms with Crippen LogP contribution in [0.15, 0.2) is 18.5 Å². The van der Waals surface area contributed by atoms with Crippen molar-refractivity contribution in [1.29, 1.82) is 0 Å². The lowest BCUT2D eigenvalue weighted by Crippen LogP contribution is -2.63. The summed E-state index contributed by atoms with van der Waals surface area (Å²) in [5.74, 6) is 1.94. The molecule has 2 aromatic rings. The highest BCUT2D eigenvalue weighted by Gasteiger charge is 2.58. The van der Waals surface area contributed by atoms with Crippen LogP contribution in [0.2, 0.25) is 43.8 Å². The minimum atomic E-state index is -1.85. The molecule has 1 N–H and O–H groups in total. The number of fused-ring (bicyclic) bond motifs is 1. The van der Waals surface area contributed by atoms with Gasteiger partial charge in [0.1, 0.15) is 12.4 Å². The standard InChI is InChI=1S/C30H49N3O3Si2/c1-29(2,3)38(7,8)36-30-15-21-13-22(16-30)26(23(14-21)17-30)32-27-24(19-34)18-31-28-25(27)9-10-33(28)20-35-11-12-37(4,5)6/h9-10,18-19,21-23,26H,11-17,20H2,1-8H3,(H,31,32)/t21?,22-,23+,26?,30?. The van der Waals surface area contributed by atoms with Gasteiger partial charge in [0.05, 0.1) is 16.9 Å². The van der Waals surface area contributed by atoms with E-state index in [4.69, 9.17) is 9.16 Å². The molecule has 0 radical (unpaired) electrons. The fraction of sp³-hybridized carbons (Fsp3) is 0.733. The molecular formula is C30H49N3O3Si2. The van der Waals surface area contributed by atoms with Crippen molar-refractivity contribution in [2.24, 2.45) is 17.8 Å². The van der Waals surface area contributed by atoms with E-state index in [0.717, 1.165) is 54.4 Å². The number of hydrogen-bond donors (Lipinski definition) is 1. The number of rotatable bonds is 10. The molecule has 4 bridgehead atoms. The van der Waals surface area contributed by atoms with E-state index in [1.807, 2.05) is 6.20 Å². The fourth-order valence-electron chi connectivity index (χ4n) is 7.22. The van der Waals surface area contributed by atoms with Gasteiger partial charge in [-0.25, -0.2) is 4.98 Å². The normalized spacial score (nSPS) is 29.3.